The normalized spacial score (nSPS) is 21.2. The molecule has 1 heterocycles. The molecule has 0 spiro atoms. The first kappa shape index (κ1) is 11.5. The van der Waals surface area contributed by atoms with Gasteiger partial charge >= 0.3 is 0 Å². The van der Waals surface area contributed by atoms with Gasteiger partial charge in [0.1, 0.15) is 5.76 Å². The molecular weight excluding hydrogens is 202 g/mol. The summed E-state index contributed by atoms with van der Waals surface area (Å²) in [6, 6.07) is -0.229. The molecule has 0 amide bonds. The first-order valence-electron chi connectivity index (χ1n) is 4.66. The summed E-state index contributed by atoms with van der Waals surface area (Å²) in [5.41, 5.74) is 0. The summed E-state index contributed by atoms with van der Waals surface area (Å²) in [6.07, 6.45) is 4.06. The van der Waals surface area contributed by atoms with E-state index >= 15 is 0 Å². The van der Waals surface area contributed by atoms with E-state index in [9.17, 15) is 8.42 Å². The van der Waals surface area contributed by atoms with Gasteiger partial charge in [-0.05, 0) is 20.0 Å². The predicted octanol–water partition coefficient (Wildman–Crippen LogP) is 0.312. The third-order valence-corrected chi connectivity index (χ3v) is 4.12. The van der Waals surface area contributed by atoms with Crippen molar-refractivity contribution in [1.82, 2.24) is 5.32 Å². The summed E-state index contributed by atoms with van der Waals surface area (Å²) >= 11 is 0. The average Bonchev–Trinajstić information content (AvgIpc) is 2.57. The molecule has 2 unspecified atom stereocenters. The van der Waals surface area contributed by atoms with Gasteiger partial charge in [0.25, 0.3) is 0 Å². The maximum atomic E-state index is 11.4. The highest BCUT2D eigenvalue weighted by molar-refractivity contribution is 7.91. The summed E-state index contributed by atoms with van der Waals surface area (Å²) in [5.74, 6) is 0.755. The second-order valence-electron chi connectivity index (χ2n) is 3.54. The number of hydrogen-bond donors (Lipinski definition) is 1. The third-order valence-electron chi connectivity index (χ3n) is 2.49. The van der Waals surface area contributed by atoms with Crippen LogP contribution in [0.25, 0.3) is 0 Å². The lowest BCUT2D eigenvalue weighted by atomic mass is 10.2. The molecule has 5 heteroatoms. The van der Waals surface area contributed by atoms with Gasteiger partial charge in [-0.3, -0.25) is 0 Å². The van der Waals surface area contributed by atoms with Crippen molar-refractivity contribution in [2.45, 2.75) is 24.6 Å². The lowest BCUT2D eigenvalue weighted by Crippen LogP contribution is -2.41. The zero-order valence-corrected chi connectivity index (χ0v) is 9.60. The molecule has 0 fully saturated rings. The summed E-state index contributed by atoms with van der Waals surface area (Å²) in [7, 11) is -1.29. The third kappa shape index (κ3) is 2.48. The fourth-order valence-corrected chi connectivity index (χ4v) is 2.27. The second kappa shape index (κ2) is 4.31. The van der Waals surface area contributed by atoms with Gasteiger partial charge in [-0.1, -0.05) is 0 Å². The highest BCUT2D eigenvalue weighted by Gasteiger charge is 2.29. The van der Waals surface area contributed by atoms with Crippen LogP contribution in [0.4, 0.5) is 0 Å². The van der Waals surface area contributed by atoms with E-state index in [-0.39, 0.29) is 6.04 Å². The van der Waals surface area contributed by atoms with Gasteiger partial charge in [0, 0.05) is 12.7 Å². The van der Waals surface area contributed by atoms with Crippen molar-refractivity contribution < 1.29 is 13.2 Å². The predicted molar refractivity (Wildman–Crippen MR) is 55.8 cm³/mol. The Hall–Kier alpha value is -0.550. The van der Waals surface area contributed by atoms with Crippen LogP contribution in [0.1, 0.15) is 13.3 Å². The van der Waals surface area contributed by atoms with Crippen LogP contribution < -0.4 is 5.32 Å². The molecule has 0 bridgehead atoms. The molecule has 1 aliphatic rings. The molecule has 1 aliphatic heterocycles. The van der Waals surface area contributed by atoms with E-state index in [4.69, 9.17) is 4.74 Å². The van der Waals surface area contributed by atoms with Crippen LogP contribution in [-0.4, -0.2) is 39.6 Å². The van der Waals surface area contributed by atoms with Gasteiger partial charge in [-0.2, -0.15) is 0 Å². The minimum atomic E-state index is -3.03. The Morgan fingerprint density at radius 2 is 2.21 bits per heavy atom. The Morgan fingerprint density at radius 1 is 1.57 bits per heavy atom. The molecule has 0 saturated heterocycles. The van der Waals surface area contributed by atoms with Crippen molar-refractivity contribution >= 4 is 9.84 Å². The minimum Gasteiger partial charge on any atom is -0.496 e. The van der Waals surface area contributed by atoms with Crippen molar-refractivity contribution in [3.8, 4) is 0 Å². The number of sulfone groups is 1. The SMILES string of the molecule is CNC(C1=CCCO1)C(C)S(C)(=O)=O. The summed E-state index contributed by atoms with van der Waals surface area (Å²) in [4.78, 5) is 0. The van der Waals surface area contributed by atoms with Crippen LogP contribution in [0.5, 0.6) is 0 Å². The Bertz CT molecular complexity index is 321. The Kier molecular flexibility index (Phi) is 3.55. The number of ether oxygens (including phenoxy) is 1. The molecular formula is C9H17NO3S. The topological polar surface area (TPSA) is 55.4 Å². The average molecular weight is 219 g/mol. The first-order chi connectivity index (χ1) is 6.46. The molecule has 2 atom stereocenters. The maximum Gasteiger partial charge on any atom is 0.152 e. The van der Waals surface area contributed by atoms with Crippen LogP contribution in [0.2, 0.25) is 0 Å². The maximum absolute atomic E-state index is 11.4. The smallest absolute Gasteiger partial charge is 0.152 e. The molecule has 0 radical (unpaired) electrons. The minimum absolute atomic E-state index is 0.229. The standard InChI is InChI=1S/C9H17NO3S/c1-7(14(3,11)12)9(10-2)8-5-4-6-13-8/h5,7,9-10H,4,6H2,1-3H3. The molecule has 4 nitrogen and oxygen atoms in total. The monoisotopic (exact) mass is 219 g/mol. The van der Waals surface area contributed by atoms with E-state index in [0.29, 0.717) is 6.61 Å². The van der Waals surface area contributed by atoms with Crippen LogP contribution in [0, 0.1) is 0 Å². The van der Waals surface area contributed by atoms with Gasteiger partial charge in [-0.25, -0.2) is 8.42 Å². The van der Waals surface area contributed by atoms with Gasteiger partial charge in [0.05, 0.1) is 17.9 Å². The highest BCUT2D eigenvalue weighted by atomic mass is 32.2. The van der Waals surface area contributed by atoms with E-state index in [1.165, 1.54) is 6.26 Å². The van der Waals surface area contributed by atoms with E-state index < -0.39 is 15.1 Å². The first-order valence-corrected chi connectivity index (χ1v) is 6.61. The molecule has 14 heavy (non-hydrogen) atoms. The number of hydrogen-bond acceptors (Lipinski definition) is 4. The van der Waals surface area contributed by atoms with E-state index in [2.05, 4.69) is 5.32 Å². The number of rotatable bonds is 4. The van der Waals surface area contributed by atoms with Crippen molar-refractivity contribution in [2.24, 2.45) is 0 Å². The van der Waals surface area contributed by atoms with E-state index in [1.54, 1.807) is 14.0 Å². The van der Waals surface area contributed by atoms with Gasteiger partial charge in [-0.15, -0.1) is 0 Å². The Labute approximate surface area is 85.3 Å². The Balaban J connectivity index is 2.81. The fourth-order valence-electron chi connectivity index (χ4n) is 1.51. The fraction of sp³-hybridized carbons (Fsp3) is 0.778. The molecule has 0 aromatic carbocycles. The number of likely N-dealkylation sites (N-methyl/N-ethyl adjacent to an activating group) is 1. The quantitative estimate of drug-likeness (QED) is 0.739. The van der Waals surface area contributed by atoms with Gasteiger partial charge in [0.2, 0.25) is 0 Å². The van der Waals surface area contributed by atoms with Crippen molar-refractivity contribution in [3.05, 3.63) is 11.8 Å². The number of nitrogens with one attached hydrogen (secondary N) is 1. The van der Waals surface area contributed by atoms with Gasteiger partial charge < -0.3 is 10.1 Å². The van der Waals surface area contributed by atoms with Crippen molar-refractivity contribution in [2.75, 3.05) is 19.9 Å². The molecule has 0 saturated carbocycles. The molecule has 1 rings (SSSR count). The lowest BCUT2D eigenvalue weighted by Gasteiger charge is -2.22. The van der Waals surface area contributed by atoms with Crippen LogP contribution in [0.15, 0.2) is 11.8 Å². The van der Waals surface area contributed by atoms with Crippen molar-refractivity contribution in [1.29, 1.82) is 0 Å². The largest absolute Gasteiger partial charge is 0.496 e. The molecule has 0 aromatic heterocycles. The van der Waals surface area contributed by atoms with Crippen LogP contribution in [0.3, 0.4) is 0 Å². The molecule has 0 aliphatic carbocycles. The van der Waals surface area contributed by atoms with E-state index in [0.717, 1.165) is 12.2 Å². The van der Waals surface area contributed by atoms with Crippen LogP contribution >= 0.6 is 0 Å². The summed E-state index contributed by atoms with van der Waals surface area (Å²) in [6.45, 7) is 2.35. The Morgan fingerprint density at radius 3 is 2.57 bits per heavy atom. The molecule has 1 N–H and O–H groups in total. The molecule has 82 valence electrons. The lowest BCUT2D eigenvalue weighted by molar-refractivity contribution is 0.216. The summed E-state index contributed by atoms with van der Waals surface area (Å²) in [5, 5.41) is 2.52. The molecule has 0 aromatic rings. The summed E-state index contributed by atoms with van der Waals surface area (Å²) < 4.78 is 28.1. The zero-order chi connectivity index (χ0) is 10.8. The van der Waals surface area contributed by atoms with Crippen molar-refractivity contribution in [3.63, 3.8) is 0 Å². The van der Waals surface area contributed by atoms with Crippen LogP contribution in [-0.2, 0) is 14.6 Å². The van der Waals surface area contributed by atoms with E-state index in [1.807, 2.05) is 6.08 Å². The zero-order valence-electron chi connectivity index (χ0n) is 8.78. The second-order valence-corrected chi connectivity index (χ2v) is 5.95. The van der Waals surface area contributed by atoms with Gasteiger partial charge in [0.15, 0.2) is 9.84 Å². The highest BCUT2D eigenvalue weighted by Crippen LogP contribution is 2.19.